The molecule has 0 aromatic rings. The lowest BCUT2D eigenvalue weighted by atomic mass is 9.78. The van der Waals surface area contributed by atoms with E-state index in [2.05, 4.69) is 22.9 Å². The molecule has 0 amide bonds. The molecule has 2 saturated carbocycles. The fraction of sp³-hybridized carbons (Fsp3) is 1.00. The van der Waals surface area contributed by atoms with Crippen LogP contribution in [-0.2, 0) is 4.74 Å². The first kappa shape index (κ1) is 15.8. The van der Waals surface area contributed by atoms with Crippen molar-refractivity contribution >= 4 is 15.9 Å². The SMILES string of the molecule is CCCC1CCC(CBr)(OCC2CCCCC2)CC1. The molecule has 2 aliphatic carbocycles. The lowest BCUT2D eigenvalue weighted by Gasteiger charge is -2.40. The maximum absolute atomic E-state index is 6.44. The summed E-state index contributed by atoms with van der Waals surface area (Å²) in [4.78, 5) is 0. The van der Waals surface area contributed by atoms with Gasteiger partial charge in [-0.2, -0.15) is 0 Å². The van der Waals surface area contributed by atoms with Crippen LogP contribution in [-0.4, -0.2) is 17.5 Å². The second kappa shape index (κ2) is 8.02. The summed E-state index contributed by atoms with van der Waals surface area (Å²) in [5.41, 5.74) is 0.168. The molecule has 0 spiro atoms. The van der Waals surface area contributed by atoms with Crippen molar-refractivity contribution in [1.29, 1.82) is 0 Å². The van der Waals surface area contributed by atoms with Gasteiger partial charge in [-0.15, -0.1) is 0 Å². The largest absolute Gasteiger partial charge is 0.374 e. The molecule has 2 fully saturated rings. The van der Waals surface area contributed by atoms with Crippen LogP contribution >= 0.6 is 15.9 Å². The van der Waals surface area contributed by atoms with Crippen LogP contribution in [0, 0.1) is 11.8 Å². The van der Waals surface area contributed by atoms with Gasteiger partial charge in [-0.05, 0) is 50.4 Å². The number of halogens is 1. The molecule has 0 bridgehead atoms. The van der Waals surface area contributed by atoms with Gasteiger partial charge in [0.05, 0.1) is 12.2 Å². The zero-order chi connectivity index (χ0) is 13.6. The zero-order valence-electron chi connectivity index (χ0n) is 12.6. The number of hydrogen-bond acceptors (Lipinski definition) is 1. The van der Waals surface area contributed by atoms with Crippen molar-refractivity contribution < 1.29 is 4.74 Å². The van der Waals surface area contributed by atoms with Gasteiger partial charge in [0.15, 0.2) is 0 Å². The molecule has 2 heteroatoms. The van der Waals surface area contributed by atoms with Crippen molar-refractivity contribution in [2.24, 2.45) is 11.8 Å². The molecule has 2 aliphatic rings. The normalized spacial score (nSPS) is 33.5. The van der Waals surface area contributed by atoms with E-state index in [9.17, 15) is 0 Å². The average Bonchev–Trinajstić information content (AvgIpc) is 2.48. The molecule has 112 valence electrons. The maximum Gasteiger partial charge on any atom is 0.0779 e. The molecule has 0 unspecified atom stereocenters. The smallest absolute Gasteiger partial charge is 0.0779 e. The fourth-order valence-corrected chi connectivity index (χ4v) is 4.59. The van der Waals surface area contributed by atoms with E-state index < -0.39 is 0 Å². The van der Waals surface area contributed by atoms with E-state index in [1.165, 1.54) is 70.6 Å². The molecule has 0 saturated heterocycles. The van der Waals surface area contributed by atoms with Crippen LogP contribution in [0.15, 0.2) is 0 Å². The van der Waals surface area contributed by atoms with Crippen LogP contribution in [0.3, 0.4) is 0 Å². The highest BCUT2D eigenvalue weighted by atomic mass is 79.9. The summed E-state index contributed by atoms with van der Waals surface area (Å²) < 4.78 is 6.44. The zero-order valence-corrected chi connectivity index (χ0v) is 14.2. The minimum absolute atomic E-state index is 0.168. The van der Waals surface area contributed by atoms with Gasteiger partial charge < -0.3 is 4.74 Å². The van der Waals surface area contributed by atoms with E-state index >= 15 is 0 Å². The molecule has 0 radical (unpaired) electrons. The van der Waals surface area contributed by atoms with Crippen molar-refractivity contribution in [3.63, 3.8) is 0 Å². The van der Waals surface area contributed by atoms with E-state index in [0.717, 1.165) is 23.8 Å². The van der Waals surface area contributed by atoms with Gasteiger partial charge in [-0.3, -0.25) is 0 Å². The van der Waals surface area contributed by atoms with E-state index in [4.69, 9.17) is 4.74 Å². The number of ether oxygens (including phenoxy) is 1. The van der Waals surface area contributed by atoms with Crippen molar-refractivity contribution in [1.82, 2.24) is 0 Å². The highest BCUT2D eigenvalue weighted by molar-refractivity contribution is 9.09. The molecule has 0 aromatic carbocycles. The summed E-state index contributed by atoms with van der Waals surface area (Å²) in [7, 11) is 0. The standard InChI is InChI=1S/C17H31BrO/c1-2-6-15-9-11-17(14-18,12-10-15)19-13-16-7-4-3-5-8-16/h15-16H,2-14H2,1H3. The lowest BCUT2D eigenvalue weighted by Crippen LogP contribution is -2.40. The molecule has 19 heavy (non-hydrogen) atoms. The Balaban J connectivity index is 1.75. The van der Waals surface area contributed by atoms with Gasteiger partial charge >= 0.3 is 0 Å². The Hall–Kier alpha value is 0.440. The first-order valence-corrected chi connectivity index (χ1v) is 9.60. The molecule has 0 aromatic heterocycles. The second-order valence-electron chi connectivity index (χ2n) is 6.86. The van der Waals surface area contributed by atoms with Gasteiger partial charge in [0.1, 0.15) is 0 Å². The summed E-state index contributed by atoms with van der Waals surface area (Å²) in [5, 5.41) is 1.03. The van der Waals surface area contributed by atoms with Crippen LogP contribution in [0.5, 0.6) is 0 Å². The number of hydrogen-bond donors (Lipinski definition) is 0. The minimum atomic E-state index is 0.168. The Morgan fingerprint density at radius 1 is 1.00 bits per heavy atom. The van der Waals surface area contributed by atoms with Crippen LogP contribution in [0.4, 0.5) is 0 Å². The Morgan fingerprint density at radius 3 is 2.26 bits per heavy atom. The highest BCUT2D eigenvalue weighted by Gasteiger charge is 2.35. The highest BCUT2D eigenvalue weighted by Crippen LogP contribution is 2.39. The maximum atomic E-state index is 6.44. The quantitative estimate of drug-likeness (QED) is 0.567. The third-order valence-electron chi connectivity index (χ3n) is 5.31. The van der Waals surface area contributed by atoms with Crippen LogP contribution in [0.25, 0.3) is 0 Å². The molecule has 0 atom stereocenters. The molecule has 2 rings (SSSR count). The fourth-order valence-electron chi connectivity index (χ4n) is 3.87. The molecule has 0 N–H and O–H groups in total. The van der Waals surface area contributed by atoms with E-state index in [1.54, 1.807) is 0 Å². The third kappa shape index (κ3) is 4.74. The predicted octanol–water partition coefficient (Wildman–Crippen LogP) is 5.71. The number of rotatable bonds is 6. The minimum Gasteiger partial charge on any atom is -0.374 e. The van der Waals surface area contributed by atoms with Crippen LogP contribution in [0.2, 0.25) is 0 Å². The van der Waals surface area contributed by atoms with Crippen molar-refractivity contribution in [2.75, 3.05) is 11.9 Å². The van der Waals surface area contributed by atoms with Crippen LogP contribution in [0.1, 0.15) is 77.6 Å². The Labute approximate surface area is 128 Å². The van der Waals surface area contributed by atoms with Gasteiger partial charge in [0, 0.05) is 5.33 Å². The molecule has 0 heterocycles. The van der Waals surface area contributed by atoms with Crippen molar-refractivity contribution in [2.45, 2.75) is 83.2 Å². The molecule has 0 aliphatic heterocycles. The first-order chi connectivity index (χ1) is 9.28. The summed E-state index contributed by atoms with van der Waals surface area (Å²) in [6, 6.07) is 0. The van der Waals surface area contributed by atoms with Gasteiger partial charge in [0.25, 0.3) is 0 Å². The van der Waals surface area contributed by atoms with E-state index in [1.807, 2.05) is 0 Å². The predicted molar refractivity (Wildman–Crippen MR) is 85.9 cm³/mol. The summed E-state index contributed by atoms with van der Waals surface area (Å²) in [5.74, 6) is 1.81. The van der Waals surface area contributed by atoms with Crippen LogP contribution < -0.4 is 0 Å². The van der Waals surface area contributed by atoms with E-state index in [0.29, 0.717) is 0 Å². The number of alkyl halides is 1. The second-order valence-corrected chi connectivity index (χ2v) is 7.42. The summed E-state index contributed by atoms with van der Waals surface area (Å²) in [6.45, 7) is 3.33. The summed E-state index contributed by atoms with van der Waals surface area (Å²) in [6.07, 6.45) is 15.2. The Kier molecular flexibility index (Phi) is 6.68. The van der Waals surface area contributed by atoms with Gasteiger partial charge in [-0.1, -0.05) is 55.0 Å². The Morgan fingerprint density at radius 2 is 1.68 bits per heavy atom. The van der Waals surface area contributed by atoms with E-state index in [-0.39, 0.29) is 5.60 Å². The topological polar surface area (TPSA) is 9.23 Å². The summed E-state index contributed by atoms with van der Waals surface area (Å²) >= 11 is 3.73. The average molecular weight is 331 g/mol. The van der Waals surface area contributed by atoms with Crippen molar-refractivity contribution in [3.05, 3.63) is 0 Å². The first-order valence-electron chi connectivity index (χ1n) is 8.48. The van der Waals surface area contributed by atoms with Gasteiger partial charge in [0.2, 0.25) is 0 Å². The Bertz CT molecular complexity index is 240. The monoisotopic (exact) mass is 330 g/mol. The third-order valence-corrected chi connectivity index (χ3v) is 6.33. The van der Waals surface area contributed by atoms with Crippen molar-refractivity contribution in [3.8, 4) is 0 Å². The lowest BCUT2D eigenvalue weighted by molar-refractivity contribution is -0.0774. The molecule has 1 nitrogen and oxygen atoms in total. The molecular formula is C17H31BrO. The molecular weight excluding hydrogens is 300 g/mol. The van der Waals surface area contributed by atoms with Gasteiger partial charge in [-0.25, -0.2) is 0 Å².